The van der Waals surface area contributed by atoms with Crippen LogP contribution in [0.2, 0.25) is 0 Å². The normalized spacial score (nSPS) is 10.9. The van der Waals surface area contributed by atoms with Crippen LogP contribution in [0.3, 0.4) is 0 Å². The van der Waals surface area contributed by atoms with Crippen LogP contribution in [0, 0.1) is 0 Å². The second kappa shape index (κ2) is 8.39. The fourth-order valence-electron chi connectivity index (χ4n) is 3.65. The summed E-state index contributed by atoms with van der Waals surface area (Å²) in [6.45, 7) is 0.251. The lowest BCUT2D eigenvalue weighted by Gasteiger charge is -2.24. The number of carbonyl (C=O) groups is 2. The summed E-state index contributed by atoms with van der Waals surface area (Å²) in [6.07, 6.45) is 4.33. The van der Waals surface area contributed by atoms with Gasteiger partial charge in [-0.15, -0.1) is 0 Å². The molecule has 5 aromatic rings. The maximum atomic E-state index is 14.0. The summed E-state index contributed by atoms with van der Waals surface area (Å²) in [5.74, 6) is -1.74. The Morgan fingerprint density at radius 1 is 0.909 bits per heavy atom. The summed E-state index contributed by atoms with van der Waals surface area (Å²) < 4.78 is 3.01. The summed E-state index contributed by atoms with van der Waals surface area (Å²) in [7, 11) is 0. The number of anilines is 2. The van der Waals surface area contributed by atoms with Crippen LogP contribution in [0.4, 0.5) is 11.4 Å². The number of para-hydroxylation sites is 1. The first-order valence-electron chi connectivity index (χ1n) is 10.1. The Kier molecular flexibility index (Phi) is 5.12. The number of hydrogen-bond acceptors (Lipinski definition) is 5. The quantitative estimate of drug-likeness (QED) is 0.434. The van der Waals surface area contributed by atoms with E-state index >= 15 is 0 Å². The highest BCUT2D eigenvalue weighted by molar-refractivity contribution is 6.14. The van der Waals surface area contributed by atoms with Crippen LogP contribution in [-0.4, -0.2) is 41.4 Å². The van der Waals surface area contributed by atoms with E-state index in [9.17, 15) is 14.7 Å². The van der Waals surface area contributed by atoms with Crippen molar-refractivity contribution in [3.63, 3.8) is 0 Å². The molecular formula is C24H18N6O3. The Labute approximate surface area is 188 Å². The fourth-order valence-corrected chi connectivity index (χ4v) is 3.65. The van der Waals surface area contributed by atoms with Gasteiger partial charge in [0.25, 0.3) is 5.91 Å². The molecule has 3 aromatic heterocycles. The molecule has 5 rings (SSSR count). The van der Waals surface area contributed by atoms with Gasteiger partial charge in [-0.1, -0.05) is 48.5 Å². The molecule has 1 N–H and O–H groups in total. The Morgan fingerprint density at radius 3 is 2.36 bits per heavy atom. The third-order valence-corrected chi connectivity index (χ3v) is 5.19. The molecule has 3 heterocycles. The number of carboxylic acids is 1. The summed E-state index contributed by atoms with van der Waals surface area (Å²) >= 11 is 0. The van der Waals surface area contributed by atoms with E-state index < -0.39 is 11.9 Å². The fraction of sp³-hybridized carbons (Fsp3) is 0.0417. The molecule has 0 aliphatic carbocycles. The number of rotatable bonds is 6. The van der Waals surface area contributed by atoms with Crippen LogP contribution in [0.5, 0.6) is 0 Å². The van der Waals surface area contributed by atoms with Crippen molar-refractivity contribution in [2.75, 3.05) is 4.90 Å². The van der Waals surface area contributed by atoms with Crippen molar-refractivity contribution in [2.24, 2.45) is 0 Å². The van der Waals surface area contributed by atoms with Crippen molar-refractivity contribution in [2.45, 2.75) is 6.54 Å². The summed E-state index contributed by atoms with van der Waals surface area (Å²) in [4.78, 5) is 31.6. The second-order valence-corrected chi connectivity index (χ2v) is 7.28. The molecular weight excluding hydrogens is 420 g/mol. The molecule has 1 amide bonds. The van der Waals surface area contributed by atoms with E-state index in [0.29, 0.717) is 17.0 Å². The molecule has 0 radical (unpaired) electrons. The van der Waals surface area contributed by atoms with Crippen molar-refractivity contribution < 1.29 is 14.7 Å². The van der Waals surface area contributed by atoms with Crippen LogP contribution >= 0.6 is 0 Å². The van der Waals surface area contributed by atoms with Gasteiger partial charge in [0.2, 0.25) is 0 Å². The molecule has 0 unspecified atom stereocenters. The number of pyridine rings is 1. The number of nitrogens with zero attached hydrogens (tertiary/aromatic N) is 6. The zero-order valence-electron chi connectivity index (χ0n) is 17.3. The SMILES string of the molecule is O=C(O)c1cnn(Cc2ccccc2)c1C(=O)N(c1ccccc1)c1ccn2ncnc2c1. The molecule has 0 atom stereocenters. The van der Waals surface area contributed by atoms with Gasteiger partial charge in [-0.25, -0.2) is 14.3 Å². The average molecular weight is 438 g/mol. The number of aromatic carboxylic acids is 1. The number of carboxylic acid groups (broad SMARTS) is 1. The van der Waals surface area contributed by atoms with E-state index in [4.69, 9.17) is 0 Å². The van der Waals surface area contributed by atoms with E-state index in [1.54, 1.807) is 35.0 Å². The van der Waals surface area contributed by atoms with E-state index in [1.165, 1.54) is 22.1 Å². The van der Waals surface area contributed by atoms with Crippen molar-refractivity contribution in [1.82, 2.24) is 24.4 Å². The van der Waals surface area contributed by atoms with Crippen LogP contribution in [0.25, 0.3) is 5.65 Å². The molecule has 0 bridgehead atoms. The molecule has 0 aliphatic rings. The van der Waals surface area contributed by atoms with Crippen LogP contribution in [0.15, 0.2) is 91.5 Å². The smallest absolute Gasteiger partial charge is 0.339 e. The molecule has 162 valence electrons. The Morgan fingerprint density at radius 2 is 1.64 bits per heavy atom. The van der Waals surface area contributed by atoms with Gasteiger partial charge >= 0.3 is 5.97 Å². The Bertz CT molecular complexity index is 1440. The molecule has 9 heteroatoms. The predicted octanol–water partition coefficient (Wildman–Crippen LogP) is 3.65. The lowest BCUT2D eigenvalue weighted by atomic mass is 10.1. The van der Waals surface area contributed by atoms with Crippen molar-refractivity contribution in [1.29, 1.82) is 0 Å². The highest BCUT2D eigenvalue weighted by Crippen LogP contribution is 2.29. The largest absolute Gasteiger partial charge is 0.478 e. The highest BCUT2D eigenvalue weighted by atomic mass is 16.4. The van der Waals surface area contributed by atoms with E-state index in [-0.39, 0.29) is 17.8 Å². The second-order valence-electron chi connectivity index (χ2n) is 7.28. The number of hydrogen-bond donors (Lipinski definition) is 1. The topological polar surface area (TPSA) is 106 Å². The van der Waals surface area contributed by atoms with Crippen molar-refractivity contribution in [3.8, 4) is 0 Å². The lowest BCUT2D eigenvalue weighted by molar-refractivity contribution is 0.0691. The average Bonchev–Trinajstić information content (AvgIpc) is 3.47. The van der Waals surface area contributed by atoms with Crippen molar-refractivity contribution >= 4 is 28.9 Å². The molecule has 0 spiro atoms. The van der Waals surface area contributed by atoms with Gasteiger partial charge in [-0.05, 0) is 23.8 Å². The van der Waals surface area contributed by atoms with Gasteiger partial charge in [-0.2, -0.15) is 10.2 Å². The zero-order chi connectivity index (χ0) is 22.8. The van der Waals surface area contributed by atoms with Gasteiger partial charge in [0.1, 0.15) is 17.6 Å². The van der Waals surface area contributed by atoms with Crippen LogP contribution in [0.1, 0.15) is 26.4 Å². The minimum Gasteiger partial charge on any atom is -0.478 e. The van der Waals surface area contributed by atoms with Crippen LogP contribution < -0.4 is 4.90 Å². The van der Waals surface area contributed by atoms with Crippen LogP contribution in [-0.2, 0) is 6.54 Å². The molecule has 2 aromatic carbocycles. The summed E-state index contributed by atoms with van der Waals surface area (Å²) in [5.41, 5.74) is 2.36. The van der Waals surface area contributed by atoms with E-state index in [1.807, 2.05) is 48.5 Å². The van der Waals surface area contributed by atoms with Gasteiger partial charge in [-0.3, -0.25) is 14.4 Å². The van der Waals surface area contributed by atoms with E-state index in [0.717, 1.165) is 5.56 Å². The molecule has 0 saturated carbocycles. The number of amides is 1. The zero-order valence-corrected chi connectivity index (χ0v) is 17.3. The molecule has 33 heavy (non-hydrogen) atoms. The minimum atomic E-state index is -1.22. The Balaban J connectivity index is 1.65. The van der Waals surface area contributed by atoms with Crippen molar-refractivity contribution in [3.05, 3.63) is 108 Å². The first-order valence-corrected chi connectivity index (χ1v) is 10.1. The van der Waals surface area contributed by atoms with Gasteiger partial charge in [0.15, 0.2) is 5.65 Å². The monoisotopic (exact) mass is 438 g/mol. The maximum Gasteiger partial charge on any atom is 0.339 e. The van der Waals surface area contributed by atoms with E-state index in [2.05, 4.69) is 15.2 Å². The van der Waals surface area contributed by atoms with Gasteiger partial charge in [0, 0.05) is 18.0 Å². The highest BCUT2D eigenvalue weighted by Gasteiger charge is 2.29. The maximum absolute atomic E-state index is 14.0. The summed E-state index contributed by atoms with van der Waals surface area (Å²) in [6, 6.07) is 21.9. The molecule has 0 saturated heterocycles. The molecule has 0 fully saturated rings. The molecule has 9 nitrogen and oxygen atoms in total. The number of aromatic nitrogens is 5. The summed E-state index contributed by atoms with van der Waals surface area (Å²) in [5, 5.41) is 18.1. The number of carbonyl (C=O) groups excluding carboxylic acids is 1. The van der Waals surface area contributed by atoms with Gasteiger partial charge < -0.3 is 5.11 Å². The number of fused-ring (bicyclic) bond motifs is 1. The standard InChI is InChI=1S/C24H18N6O3/c31-23(22-20(24(32)33)14-26-29(22)15-17-7-3-1-4-8-17)30(18-9-5-2-6-10-18)19-11-12-28-21(13-19)25-16-27-28/h1-14,16H,15H2,(H,32,33). The Hall–Kier alpha value is -4.79. The first kappa shape index (κ1) is 20.1. The molecule has 0 aliphatic heterocycles. The first-order chi connectivity index (χ1) is 16.1. The third-order valence-electron chi connectivity index (χ3n) is 5.19. The predicted molar refractivity (Wildman–Crippen MR) is 121 cm³/mol. The third kappa shape index (κ3) is 3.83. The van der Waals surface area contributed by atoms with Gasteiger partial charge in [0.05, 0.1) is 18.4 Å². The minimum absolute atomic E-state index is 0.0171. The lowest BCUT2D eigenvalue weighted by Crippen LogP contribution is -2.30. The number of benzene rings is 2.